The van der Waals surface area contributed by atoms with Gasteiger partial charge in [0.1, 0.15) is 11.7 Å². The van der Waals surface area contributed by atoms with Crippen LogP contribution in [0.1, 0.15) is 24.0 Å². The molecule has 0 radical (unpaired) electrons. The third-order valence-electron chi connectivity index (χ3n) is 3.11. The fraction of sp³-hybridized carbons (Fsp3) is 0.235. The maximum atomic E-state index is 12.3. The molecule has 0 fully saturated rings. The topological polar surface area (TPSA) is 35.5 Å². The number of carbonyl (C=O) groups is 1. The average Bonchev–Trinajstić information content (AvgIpc) is 2.49. The normalized spacial score (nSPS) is 11.7. The summed E-state index contributed by atoms with van der Waals surface area (Å²) in [7, 11) is 1.60. The maximum absolute atomic E-state index is 12.3. The third-order valence-corrected chi connectivity index (χ3v) is 3.11. The number of carbonyl (C=O) groups excluding carboxylic acids is 1. The second kappa shape index (κ2) is 6.75. The van der Waals surface area contributed by atoms with Gasteiger partial charge in [-0.25, -0.2) is 0 Å². The highest BCUT2D eigenvalue weighted by atomic mass is 16.5. The molecule has 0 saturated carbocycles. The fourth-order valence-electron chi connectivity index (χ4n) is 2.22. The summed E-state index contributed by atoms with van der Waals surface area (Å²) >= 11 is 0. The van der Waals surface area contributed by atoms with Gasteiger partial charge in [-0.3, -0.25) is 4.79 Å². The number of methoxy groups -OCH3 is 1. The number of rotatable bonds is 5. The molecule has 0 aliphatic heterocycles. The lowest BCUT2D eigenvalue weighted by molar-refractivity contribution is -0.143. The first-order valence-corrected chi connectivity index (χ1v) is 6.62. The van der Waals surface area contributed by atoms with Crippen LogP contribution < -0.4 is 4.74 Å². The second-order valence-electron chi connectivity index (χ2n) is 4.34. The molecule has 0 N–H and O–H groups in total. The number of hydrogen-bond donors (Lipinski definition) is 0. The molecule has 3 nitrogen and oxygen atoms in total. The zero-order valence-corrected chi connectivity index (χ0v) is 11.7. The van der Waals surface area contributed by atoms with Gasteiger partial charge in [-0.1, -0.05) is 48.5 Å². The van der Waals surface area contributed by atoms with Gasteiger partial charge in [0.2, 0.25) is 0 Å². The van der Waals surface area contributed by atoms with Crippen LogP contribution in [-0.2, 0) is 9.53 Å². The zero-order chi connectivity index (χ0) is 14.4. The predicted octanol–water partition coefficient (Wildman–Crippen LogP) is 3.39. The van der Waals surface area contributed by atoms with Crippen molar-refractivity contribution < 1.29 is 14.3 Å². The number of ether oxygens (including phenoxy) is 2. The van der Waals surface area contributed by atoms with Gasteiger partial charge < -0.3 is 9.47 Å². The largest absolute Gasteiger partial charge is 0.496 e. The number of esters is 1. The van der Waals surface area contributed by atoms with Crippen LogP contribution in [0.2, 0.25) is 0 Å². The molecule has 0 aromatic heterocycles. The first kappa shape index (κ1) is 14.1. The van der Waals surface area contributed by atoms with E-state index in [1.165, 1.54) is 0 Å². The molecule has 20 heavy (non-hydrogen) atoms. The molecule has 0 aliphatic rings. The van der Waals surface area contributed by atoms with E-state index in [0.717, 1.165) is 11.1 Å². The van der Waals surface area contributed by atoms with Gasteiger partial charge in [0.15, 0.2) is 0 Å². The third kappa shape index (κ3) is 2.99. The van der Waals surface area contributed by atoms with Gasteiger partial charge in [-0.15, -0.1) is 0 Å². The van der Waals surface area contributed by atoms with E-state index in [9.17, 15) is 4.79 Å². The van der Waals surface area contributed by atoms with E-state index in [1.54, 1.807) is 7.11 Å². The monoisotopic (exact) mass is 270 g/mol. The van der Waals surface area contributed by atoms with Crippen molar-refractivity contribution in [1.82, 2.24) is 0 Å². The Kier molecular flexibility index (Phi) is 4.77. The van der Waals surface area contributed by atoms with E-state index < -0.39 is 5.92 Å². The van der Waals surface area contributed by atoms with Gasteiger partial charge in [-0.2, -0.15) is 0 Å². The average molecular weight is 270 g/mol. The zero-order valence-electron chi connectivity index (χ0n) is 11.7. The predicted molar refractivity (Wildman–Crippen MR) is 77.9 cm³/mol. The number of hydrogen-bond acceptors (Lipinski definition) is 3. The Labute approximate surface area is 119 Å². The molecule has 2 rings (SSSR count). The van der Waals surface area contributed by atoms with E-state index in [-0.39, 0.29) is 5.97 Å². The Bertz CT molecular complexity index is 563. The van der Waals surface area contributed by atoms with Crippen molar-refractivity contribution in [2.45, 2.75) is 12.8 Å². The van der Waals surface area contributed by atoms with Gasteiger partial charge in [-0.05, 0) is 18.6 Å². The quantitative estimate of drug-likeness (QED) is 0.781. The molecule has 0 spiro atoms. The Hall–Kier alpha value is -2.29. The summed E-state index contributed by atoms with van der Waals surface area (Å²) in [5, 5.41) is 0. The summed E-state index contributed by atoms with van der Waals surface area (Å²) in [5.41, 5.74) is 1.72. The number of benzene rings is 2. The Morgan fingerprint density at radius 3 is 2.35 bits per heavy atom. The molecule has 1 unspecified atom stereocenters. The summed E-state index contributed by atoms with van der Waals surface area (Å²) in [6.45, 7) is 2.17. The summed E-state index contributed by atoms with van der Waals surface area (Å²) in [5.74, 6) is -0.0371. The maximum Gasteiger partial charge on any atom is 0.318 e. The van der Waals surface area contributed by atoms with Crippen LogP contribution in [0.25, 0.3) is 0 Å². The molecule has 2 aromatic carbocycles. The van der Waals surface area contributed by atoms with Crippen LogP contribution in [0, 0.1) is 0 Å². The first-order chi connectivity index (χ1) is 9.77. The minimum Gasteiger partial charge on any atom is -0.496 e. The smallest absolute Gasteiger partial charge is 0.318 e. The van der Waals surface area contributed by atoms with Crippen molar-refractivity contribution in [2.75, 3.05) is 13.7 Å². The first-order valence-electron chi connectivity index (χ1n) is 6.62. The van der Waals surface area contributed by atoms with Crippen LogP contribution >= 0.6 is 0 Å². The van der Waals surface area contributed by atoms with Crippen LogP contribution in [0.3, 0.4) is 0 Å². The minimum atomic E-state index is -0.465. The molecular weight excluding hydrogens is 252 g/mol. The summed E-state index contributed by atoms with van der Waals surface area (Å²) in [6.07, 6.45) is 0. The van der Waals surface area contributed by atoms with E-state index in [0.29, 0.717) is 12.4 Å². The summed E-state index contributed by atoms with van der Waals surface area (Å²) in [6, 6.07) is 17.1. The van der Waals surface area contributed by atoms with E-state index in [2.05, 4.69) is 0 Å². The van der Waals surface area contributed by atoms with Crippen molar-refractivity contribution in [2.24, 2.45) is 0 Å². The van der Waals surface area contributed by atoms with Crippen molar-refractivity contribution in [3.8, 4) is 5.75 Å². The summed E-state index contributed by atoms with van der Waals surface area (Å²) in [4.78, 5) is 12.3. The molecule has 0 bridgehead atoms. The highest BCUT2D eigenvalue weighted by molar-refractivity contribution is 5.83. The van der Waals surface area contributed by atoms with E-state index in [1.807, 2.05) is 61.5 Å². The molecule has 3 heteroatoms. The van der Waals surface area contributed by atoms with Crippen molar-refractivity contribution in [3.63, 3.8) is 0 Å². The van der Waals surface area contributed by atoms with Gasteiger partial charge in [0.05, 0.1) is 13.7 Å². The van der Waals surface area contributed by atoms with E-state index in [4.69, 9.17) is 9.47 Å². The lowest BCUT2D eigenvalue weighted by atomic mass is 9.90. The lowest BCUT2D eigenvalue weighted by Gasteiger charge is -2.18. The van der Waals surface area contributed by atoms with Crippen LogP contribution in [-0.4, -0.2) is 19.7 Å². The van der Waals surface area contributed by atoms with E-state index >= 15 is 0 Å². The molecule has 1 atom stereocenters. The Morgan fingerprint density at radius 2 is 1.70 bits per heavy atom. The van der Waals surface area contributed by atoms with Crippen LogP contribution in [0.15, 0.2) is 54.6 Å². The standard InChI is InChI=1S/C17H18O3/c1-3-20-17(18)16(13-9-5-4-6-10-13)14-11-7-8-12-15(14)19-2/h4-12,16H,3H2,1-2H3. The van der Waals surface area contributed by atoms with Crippen LogP contribution in [0.5, 0.6) is 5.75 Å². The van der Waals surface area contributed by atoms with Crippen LogP contribution in [0.4, 0.5) is 0 Å². The Balaban J connectivity index is 2.49. The highest BCUT2D eigenvalue weighted by Gasteiger charge is 2.26. The minimum absolute atomic E-state index is 0.261. The molecule has 0 heterocycles. The molecule has 0 amide bonds. The van der Waals surface area contributed by atoms with Crippen molar-refractivity contribution >= 4 is 5.97 Å². The van der Waals surface area contributed by atoms with Crippen molar-refractivity contribution in [3.05, 3.63) is 65.7 Å². The van der Waals surface area contributed by atoms with Gasteiger partial charge >= 0.3 is 5.97 Å². The molecule has 0 saturated heterocycles. The molecule has 0 aliphatic carbocycles. The van der Waals surface area contributed by atoms with Crippen molar-refractivity contribution in [1.29, 1.82) is 0 Å². The highest BCUT2D eigenvalue weighted by Crippen LogP contribution is 2.32. The molecular formula is C17H18O3. The SMILES string of the molecule is CCOC(=O)C(c1ccccc1)c1ccccc1OC. The number of para-hydroxylation sites is 1. The van der Waals surface area contributed by atoms with Gasteiger partial charge in [0.25, 0.3) is 0 Å². The molecule has 104 valence electrons. The molecule has 2 aromatic rings. The second-order valence-corrected chi connectivity index (χ2v) is 4.34. The fourth-order valence-corrected chi connectivity index (χ4v) is 2.22. The lowest BCUT2D eigenvalue weighted by Crippen LogP contribution is -2.18. The summed E-state index contributed by atoms with van der Waals surface area (Å²) < 4.78 is 10.6. The Morgan fingerprint density at radius 1 is 1.05 bits per heavy atom. The van der Waals surface area contributed by atoms with Gasteiger partial charge in [0, 0.05) is 5.56 Å².